The van der Waals surface area contributed by atoms with Crippen LogP contribution in [0.4, 0.5) is 19.3 Å². The molecule has 116 valence electrons. The second kappa shape index (κ2) is 6.36. The Bertz CT molecular complexity index is 519. The lowest BCUT2D eigenvalue weighted by atomic mass is 9.94. The van der Waals surface area contributed by atoms with Crippen molar-refractivity contribution in [3.8, 4) is 0 Å². The van der Waals surface area contributed by atoms with Crippen molar-refractivity contribution in [1.29, 1.82) is 0 Å². The van der Waals surface area contributed by atoms with Crippen molar-refractivity contribution >= 4 is 11.7 Å². The molecule has 0 saturated carbocycles. The second-order valence-corrected chi connectivity index (χ2v) is 5.25. The molecule has 1 aliphatic heterocycles. The highest BCUT2D eigenvalue weighted by Gasteiger charge is 2.32. The van der Waals surface area contributed by atoms with Gasteiger partial charge in [-0.1, -0.05) is 0 Å². The Morgan fingerprint density at radius 2 is 2.10 bits per heavy atom. The number of ether oxygens (including phenoxy) is 1. The van der Waals surface area contributed by atoms with Crippen molar-refractivity contribution in [2.45, 2.75) is 18.4 Å². The first-order chi connectivity index (χ1) is 9.89. The number of anilines is 1. The summed E-state index contributed by atoms with van der Waals surface area (Å²) >= 11 is 0. The Balaban J connectivity index is 1.96. The van der Waals surface area contributed by atoms with Crippen LogP contribution in [0.2, 0.25) is 0 Å². The number of likely N-dealkylation sites (N-methyl/N-ethyl adjacent to an activating group) is 1. The van der Waals surface area contributed by atoms with Crippen molar-refractivity contribution < 1.29 is 23.4 Å². The number of carbonyl (C=O) groups is 1. The van der Waals surface area contributed by atoms with E-state index in [1.807, 2.05) is 0 Å². The Hall–Kier alpha value is -1.73. The highest BCUT2D eigenvalue weighted by Crippen LogP contribution is 2.22. The summed E-state index contributed by atoms with van der Waals surface area (Å²) in [5, 5.41) is 12.7. The van der Waals surface area contributed by atoms with Crippen LogP contribution in [-0.2, 0) is 4.74 Å². The number of nitrogens with one attached hydrogen (secondary N) is 1. The predicted octanol–water partition coefficient (Wildman–Crippen LogP) is 1.97. The third kappa shape index (κ3) is 4.12. The molecule has 7 heteroatoms. The number of aliphatic hydroxyl groups is 1. The molecule has 0 radical (unpaired) electrons. The molecule has 0 unspecified atom stereocenters. The van der Waals surface area contributed by atoms with Crippen molar-refractivity contribution in [3.63, 3.8) is 0 Å². The van der Waals surface area contributed by atoms with Gasteiger partial charge in [0.05, 0.1) is 17.8 Å². The Labute approximate surface area is 121 Å². The Morgan fingerprint density at radius 3 is 2.71 bits per heavy atom. The van der Waals surface area contributed by atoms with Crippen LogP contribution in [0.3, 0.4) is 0 Å². The largest absolute Gasteiger partial charge is 0.388 e. The summed E-state index contributed by atoms with van der Waals surface area (Å²) in [6, 6.07) is 2.34. The van der Waals surface area contributed by atoms with E-state index in [9.17, 15) is 18.7 Å². The zero-order valence-electron chi connectivity index (χ0n) is 11.7. The maximum absolute atomic E-state index is 13.5. The average Bonchev–Trinajstić information content (AvgIpc) is 2.42. The summed E-state index contributed by atoms with van der Waals surface area (Å²) in [5.41, 5.74) is -1.10. The first-order valence-corrected chi connectivity index (χ1v) is 6.67. The fraction of sp³-hybridized carbons (Fsp3) is 0.500. The van der Waals surface area contributed by atoms with E-state index in [-0.39, 0.29) is 12.2 Å². The summed E-state index contributed by atoms with van der Waals surface area (Å²) in [5.74, 6) is -1.56. The third-order valence-electron chi connectivity index (χ3n) is 3.47. The lowest BCUT2D eigenvalue weighted by Gasteiger charge is -2.35. The molecule has 1 aliphatic rings. The summed E-state index contributed by atoms with van der Waals surface area (Å²) in [7, 11) is 1.50. The van der Waals surface area contributed by atoms with Gasteiger partial charge >= 0.3 is 6.03 Å². The smallest absolute Gasteiger partial charge is 0.321 e. The van der Waals surface area contributed by atoms with Crippen LogP contribution >= 0.6 is 0 Å². The summed E-state index contributed by atoms with van der Waals surface area (Å²) < 4.78 is 31.4. The number of nitrogens with zero attached hydrogens (tertiary/aromatic N) is 1. The number of urea groups is 1. The third-order valence-corrected chi connectivity index (χ3v) is 3.47. The molecule has 21 heavy (non-hydrogen) atoms. The molecule has 1 aromatic rings. The molecule has 0 atom stereocenters. The second-order valence-electron chi connectivity index (χ2n) is 5.25. The molecule has 5 nitrogen and oxygen atoms in total. The molecule has 0 spiro atoms. The predicted molar refractivity (Wildman–Crippen MR) is 73.0 cm³/mol. The van der Waals surface area contributed by atoms with Gasteiger partial charge in [0.1, 0.15) is 11.6 Å². The van der Waals surface area contributed by atoms with Gasteiger partial charge in [-0.15, -0.1) is 0 Å². The number of benzene rings is 1. The van der Waals surface area contributed by atoms with Gasteiger partial charge in [0.15, 0.2) is 0 Å². The highest BCUT2D eigenvalue weighted by molar-refractivity contribution is 5.89. The van der Waals surface area contributed by atoms with Gasteiger partial charge in [-0.3, -0.25) is 0 Å². The van der Waals surface area contributed by atoms with Gasteiger partial charge in [0.25, 0.3) is 0 Å². The topological polar surface area (TPSA) is 61.8 Å². The molecule has 2 N–H and O–H groups in total. The summed E-state index contributed by atoms with van der Waals surface area (Å²) in [6.07, 6.45) is 0.880. The SMILES string of the molecule is CN(CC1(O)CCOCC1)C(=O)Nc1ccc(F)cc1F. The fourth-order valence-corrected chi connectivity index (χ4v) is 2.22. The summed E-state index contributed by atoms with van der Waals surface area (Å²) in [4.78, 5) is 13.2. The van der Waals surface area contributed by atoms with Crippen LogP contribution in [0.15, 0.2) is 18.2 Å². The fourth-order valence-electron chi connectivity index (χ4n) is 2.22. The van der Waals surface area contributed by atoms with Gasteiger partial charge in [-0.05, 0) is 12.1 Å². The number of halogens is 2. The van der Waals surface area contributed by atoms with E-state index in [1.165, 1.54) is 11.9 Å². The minimum atomic E-state index is -0.994. The van der Waals surface area contributed by atoms with E-state index in [2.05, 4.69) is 5.32 Å². The molecule has 1 saturated heterocycles. The van der Waals surface area contributed by atoms with E-state index < -0.39 is 23.3 Å². The van der Waals surface area contributed by atoms with E-state index in [0.29, 0.717) is 32.1 Å². The minimum absolute atomic E-state index is 0.104. The number of amides is 2. The van der Waals surface area contributed by atoms with Crippen molar-refractivity contribution in [2.75, 3.05) is 32.1 Å². The Kier molecular flexibility index (Phi) is 4.74. The summed E-state index contributed by atoms with van der Waals surface area (Å²) in [6.45, 7) is 1.00. The molecule has 0 aliphatic carbocycles. The van der Waals surface area contributed by atoms with Gasteiger partial charge in [0.2, 0.25) is 0 Å². The highest BCUT2D eigenvalue weighted by atomic mass is 19.1. The lowest BCUT2D eigenvalue weighted by Crippen LogP contribution is -2.48. The number of rotatable bonds is 3. The van der Waals surface area contributed by atoms with E-state index in [1.54, 1.807) is 0 Å². The van der Waals surface area contributed by atoms with E-state index >= 15 is 0 Å². The van der Waals surface area contributed by atoms with Crippen LogP contribution in [0.5, 0.6) is 0 Å². The van der Waals surface area contributed by atoms with Crippen LogP contribution < -0.4 is 5.32 Å². The first kappa shape index (κ1) is 15.7. The molecular formula is C14H18F2N2O3. The van der Waals surface area contributed by atoms with Crippen LogP contribution in [0, 0.1) is 11.6 Å². The normalized spacial score (nSPS) is 17.3. The zero-order chi connectivity index (χ0) is 15.5. The lowest BCUT2D eigenvalue weighted by molar-refractivity contribution is -0.0717. The van der Waals surface area contributed by atoms with Gasteiger partial charge in [-0.2, -0.15) is 0 Å². The monoisotopic (exact) mass is 300 g/mol. The van der Waals surface area contributed by atoms with Gasteiger partial charge < -0.3 is 20.1 Å². The number of carbonyl (C=O) groups excluding carboxylic acids is 1. The standard InChI is InChI=1S/C14H18F2N2O3/c1-18(9-14(20)4-6-21-7-5-14)13(19)17-12-3-2-10(15)8-11(12)16/h2-3,8,20H,4-7,9H2,1H3,(H,17,19). The van der Waals surface area contributed by atoms with Crippen LogP contribution in [0.25, 0.3) is 0 Å². The Morgan fingerprint density at radius 1 is 1.43 bits per heavy atom. The minimum Gasteiger partial charge on any atom is -0.388 e. The molecule has 1 aromatic carbocycles. The molecular weight excluding hydrogens is 282 g/mol. The molecule has 1 heterocycles. The van der Waals surface area contributed by atoms with Crippen LogP contribution in [-0.4, -0.2) is 48.4 Å². The maximum Gasteiger partial charge on any atom is 0.321 e. The van der Waals surface area contributed by atoms with Crippen LogP contribution in [0.1, 0.15) is 12.8 Å². The number of hydrogen-bond acceptors (Lipinski definition) is 3. The average molecular weight is 300 g/mol. The zero-order valence-corrected chi connectivity index (χ0v) is 11.7. The van der Waals surface area contributed by atoms with Crippen molar-refractivity contribution in [1.82, 2.24) is 4.90 Å². The number of hydrogen-bond donors (Lipinski definition) is 2. The van der Waals surface area contributed by atoms with Gasteiger partial charge in [0, 0.05) is 39.2 Å². The molecule has 2 rings (SSSR count). The first-order valence-electron chi connectivity index (χ1n) is 6.67. The van der Waals surface area contributed by atoms with Crippen molar-refractivity contribution in [3.05, 3.63) is 29.8 Å². The van der Waals surface area contributed by atoms with Crippen molar-refractivity contribution in [2.24, 2.45) is 0 Å². The van der Waals surface area contributed by atoms with E-state index in [4.69, 9.17) is 4.74 Å². The quantitative estimate of drug-likeness (QED) is 0.897. The van der Waals surface area contributed by atoms with E-state index in [0.717, 1.165) is 12.1 Å². The molecule has 2 amide bonds. The molecule has 1 fully saturated rings. The van der Waals surface area contributed by atoms with Gasteiger partial charge in [-0.25, -0.2) is 13.6 Å². The maximum atomic E-state index is 13.5. The molecule has 0 aromatic heterocycles. The molecule has 0 bridgehead atoms.